The van der Waals surface area contributed by atoms with Crippen molar-refractivity contribution in [3.05, 3.63) is 65.3 Å². The Labute approximate surface area is 133 Å². The summed E-state index contributed by atoms with van der Waals surface area (Å²) in [6.07, 6.45) is 3.37. The van der Waals surface area contributed by atoms with Gasteiger partial charge in [0.1, 0.15) is 23.2 Å². The number of furan rings is 1. The average Bonchev–Trinajstić information content (AvgIpc) is 3.16. The van der Waals surface area contributed by atoms with Crippen molar-refractivity contribution in [3.63, 3.8) is 0 Å². The van der Waals surface area contributed by atoms with Crippen molar-refractivity contribution < 1.29 is 9.21 Å². The smallest absolute Gasteiger partial charge is 0.262 e. The summed E-state index contributed by atoms with van der Waals surface area (Å²) in [5.41, 5.74) is 1.82. The number of nitrogens with zero attached hydrogens (tertiary/aromatic N) is 1. The number of para-hydroxylation sites is 1. The van der Waals surface area contributed by atoms with Crippen LogP contribution in [0.15, 0.2) is 52.6 Å². The van der Waals surface area contributed by atoms with E-state index in [0.29, 0.717) is 5.76 Å². The van der Waals surface area contributed by atoms with Gasteiger partial charge in [0.2, 0.25) is 0 Å². The topological polar surface area (TPSA) is 81.8 Å². The van der Waals surface area contributed by atoms with Crippen LogP contribution in [0.4, 0.5) is 0 Å². The van der Waals surface area contributed by atoms with Crippen LogP contribution in [0.3, 0.4) is 0 Å². The Balaban J connectivity index is 1.78. The molecule has 5 nitrogen and oxygen atoms in total. The third-order valence-corrected chi connectivity index (χ3v) is 3.51. The monoisotopic (exact) mass is 305 g/mol. The number of rotatable bonds is 4. The van der Waals surface area contributed by atoms with Gasteiger partial charge in [0.05, 0.1) is 6.54 Å². The number of carbonyl (C=O) groups is 1. The van der Waals surface area contributed by atoms with E-state index >= 15 is 0 Å². The van der Waals surface area contributed by atoms with Crippen LogP contribution in [0.1, 0.15) is 17.1 Å². The van der Waals surface area contributed by atoms with Crippen molar-refractivity contribution in [1.29, 1.82) is 5.26 Å². The number of H-pyrrole nitrogens is 1. The molecule has 2 heterocycles. The van der Waals surface area contributed by atoms with E-state index in [1.165, 1.54) is 0 Å². The number of aryl methyl sites for hydroxylation is 1. The fraction of sp³-hybridized carbons (Fsp3) is 0.111. The Kier molecular flexibility index (Phi) is 3.98. The molecule has 2 N–H and O–H groups in total. The van der Waals surface area contributed by atoms with Crippen molar-refractivity contribution in [1.82, 2.24) is 10.3 Å². The van der Waals surface area contributed by atoms with Crippen LogP contribution in [0, 0.1) is 18.3 Å². The number of benzene rings is 1. The number of carbonyl (C=O) groups excluding carboxylic acids is 1. The third kappa shape index (κ3) is 3.16. The molecule has 5 heteroatoms. The van der Waals surface area contributed by atoms with Gasteiger partial charge in [0.25, 0.3) is 5.91 Å². The quantitative estimate of drug-likeness (QED) is 0.573. The molecule has 1 aromatic carbocycles. The van der Waals surface area contributed by atoms with Gasteiger partial charge in [-0.1, -0.05) is 18.2 Å². The van der Waals surface area contributed by atoms with Gasteiger partial charge in [-0.3, -0.25) is 4.79 Å². The van der Waals surface area contributed by atoms with Gasteiger partial charge in [0, 0.05) is 22.7 Å². The Hall–Kier alpha value is -3.26. The number of nitriles is 1. The van der Waals surface area contributed by atoms with Gasteiger partial charge in [-0.15, -0.1) is 0 Å². The van der Waals surface area contributed by atoms with Crippen LogP contribution in [-0.4, -0.2) is 10.9 Å². The Morgan fingerprint density at radius 3 is 2.91 bits per heavy atom. The molecule has 3 rings (SSSR count). The minimum Gasteiger partial charge on any atom is -0.465 e. The minimum atomic E-state index is -0.424. The highest BCUT2D eigenvalue weighted by Gasteiger charge is 2.11. The predicted octanol–water partition coefficient (Wildman–Crippen LogP) is 3.29. The van der Waals surface area contributed by atoms with Crippen molar-refractivity contribution in [2.45, 2.75) is 13.5 Å². The molecule has 0 radical (unpaired) electrons. The number of aromatic amines is 1. The van der Waals surface area contributed by atoms with E-state index in [0.717, 1.165) is 22.2 Å². The molecular formula is C18H15N3O2. The van der Waals surface area contributed by atoms with E-state index in [-0.39, 0.29) is 12.1 Å². The van der Waals surface area contributed by atoms with Gasteiger partial charge in [0.15, 0.2) is 0 Å². The lowest BCUT2D eigenvalue weighted by molar-refractivity contribution is -0.117. The van der Waals surface area contributed by atoms with Crippen LogP contribution < -0.4 is 5.32 Å². The second-order valence-electron chi connectivity index (χ2n) is 5.15. The molecule has 0 aliphatic heterocycles. The lowest BCUT2D eigenvalue weighted by Crippen LogP contribution is -2.23. The number of hydrogen-bond donors (Lipinski definition) is 2. The molecule has 0 spiro atoms. The van der Waals surface area contributed by atoms with Crippen molar-refractivity contribution >= 4 is 22.9 Å². The molecule has 0 saturated carbocycles. The third-order valence-electron chi connectivity index (χ3n) is 3.51. The van der Waals surface area contributed by atoms with E-state index in [9.17, 15) is 10.1 Å². The summed E-state index contributed by atoms with van der Waals surface area (Å²) in [4.78, 5) is 15.3. The normalized spacial score (nSPS) is 11.4. The average molecular weight is 305 g/mol. The zero-order valence-electron chi connectivity index (χ0n) is 12.6. The summed E-state index contributed by atoms with van der Waals surface area (Å²) in [5, 5.41) is 12.9. The molecule has 0 fully saturated rings. The number of nitrogens with one attached hydrogen (secondary N) is 2. The van der Waals surface area contributed by atoms with Crippen LogP contribution in [-0.2, 0) is 11.3 Å². The molecule has 1 amide bonds. The molecule has 0 saturated heterocycles. The maximum atomic E-state index is 12.2. The molecule has 0 atom stereocenters. The zero-order valence-corrected chi connectivity index (χ0v) is 12.6. The van der Waals surface area contributed by atoms with E-state index in [4.69, 9.17) is 4.42 Å². The van der Waals surface area contributed by atoms with Gasteiger partial charge < -0.3 is 14.7 Å². The van der Waals surface area contributed by atoms with Crippen molar-refractivity contribution in [3.8, 4) is 6.07 Å². The fourth-order valence-electron chi connectivity index (χ4n) is 2.36. The first-order chi connectivity index (χ1) is 11.2. The summed E-state index contributed by atoms with van der Waals surface area (Å²) in [6, 6.07) is 13.3. The number of fused-ring (bicyclic) bond motifs is 1. The van der Waals surface area contributed by atoms with Gasteiger partial charge in [-0.05, 0) is 31.2 Å². The number of hydrogen-bond acceptors (Lipinski definition) is 3. The summed E-state index contributed by atoms with van der Waals surface area (Å²) < 4.78 is 5.39. The lowest BCUT2D eigenvalue weighted by Gasteiger charge is -2.02. The standard InChI is InChI=1S/C18H15N3O2/c1-12-6-7-15(23-12)11-21-18(22)13(9-19)8-14-10-20-17-5-3-2-4-16(14)17/h2-8,10,20H,11H2,1H3,(H,21,22)/b13-8+. The van der Waals surface area contributed by atoms with Crippen LogP contribution >= 0.6 is 0 Å². The highest BCUT2D eigenvalue weighted by Crippen LogP contribution is 2.20. The molecule has 0 aliphatic rings. The van der Waals surface area contributed by atoms with Crippen LogP contribution in [0.5, 0.6) is 0 Å². The summed E-state index contributed by atoms with van der Waals surface area (Å²) in [5.74, 6) is 1.01. The summed E-state index contributed by atoms with van der Waals surface area (Å²) in [7, 11) is 0. The molecule has 3 aromatic rings. The minimum absolute atomic E-state index is 0.0537. The van der Waals surface area contributed by atoms with Crippen LogP contribution in [0.25, 0.3) is 17.0 Å². The first-order valence-electron chi connectivity index (χ1n) is 7.19. The zero-order chi connectivity index (χ0) is 16.2. The Morgan fingerprint density at radius 2 is 2.17 bits per heavy atom. The van der Waals surface area contributed by atoms with Crippen molar-refractivity contribution in [2.75, 3.05) is 0 Å². The molecular weight excluding hydrogens is 290 g/mol. The Morgan fingerprint density at radius 1 is 1.35 bits per heavy atom. The van der Waals surface area contributed by atoms with Gasteiger partial charge >= 0.3 is 0 Å². The van der Waals surface area contributed by atoms with E-state index in [2.05, 4.69) is 10.3 Å². The van der Waals surface area contributed by atoms with Gasteiger partial charge in [-0.2, -0.15) is 5.26 Å². The van der Waals surface area contributed by atoms with Crippen molar-refractivity contribution in [2.24, 2.45) is 0 Å². The largest absolute Gasteiger partial charge is 0.465 e. The van der Waals surface area contributed by atoms with E-state index < -0.39 is 5.91 Å². The summed E-state index contributed by atoms with van der Waals surface area (Å²) >= 11 is 0. The molecule has 23 heavy (non-hydrogen) atoms. The molecule has 0 aliphatic carbocycles. The predicted molar refractivity (Wildman–Crippen MR) is 87.2 cm³/mol. The van der Waals surface area contributed by atoms with E-state index in [1.807, 2.05) is 43.3 Å². The molecule has 0 bridgehead atoms. The lowest BCUT2D eigenvalue weighted by atomic mass is 10.1. The first-order valence-corrected chi connectivity index (χ1v) is 7.19. The van der Waals surface area contributed by atoms with E-state index in [1.54, 1.807) is 18.3 Å². The van der Waals surface area contributed by atoms with Crippen LogP contribution in [0.2, 0.25) is 0 Å². The second kappa shape index (κ2) is 6.24. The molecule has 0 unspecified atom stereocenters. The highest BCUT2D eigenvalue weighted by atomic mass is 16.3. The summed E-state index contributed by atoms with van der Waals surface area (Å²) in [6.45, 7) is 2.09. The first kappa shape index (κ1) is 14.7. The maximum Gasteiger partial charge on any atom is 0.262 e. The number of aromatic nitrogens is 1. The molecule has 114 valence electrons. The van der Waals surface area contributed by atoms with Gasteiger partial charge in [-0.25, -0.2) is 0 Å². The maximum absolute atomic E-state index is 12.2. The second-order valence-corrected chi connectivity index (χ2v) is 5.15. The number of amides is 1. The SMILES string of the molecule is Cc1ccc(CNC(=O)/C(C#N)=C/c2c[nH]c3ccccc23)o1. The highest BCUT2D eigenvalue weighted by molar-refractivity contribution is 6.03. The Bertz CT molecular complexity index is 925. The fourth-order valence-corrected chi connectivity index (χ4v) is 2.36. The molecule has 2 aromatic heterocycles.